The van der Waals surface area contributed by atoms with Crippen molar-refractivity contribution < 1.29 is 18.7 Å². The summed E-state index contributed by atoms with van der Waals surface area (Å²) >= 11 is 0. The highest BCUT2D eigenvalue weighted by molar-refractivity contribution is 5.87. The highest BCUT2D eigenvalue weighted by Crippen LogP contribution is 2.18. The van der Waals surface area contributed by atoms with E-state index in [4.69, 9.17) is 4.74 Å². The number of hydrogen-bond donors (Lipinski definition) is 1. The lowest BCUT2D eigenvalue weighted by atomic mass is 10.2. The molecule has 92 valence electrons. The number of aldehydes is 1. The minimum atomic E-state index is -0.770. The van der Waals surface area contributed by atoms with E-state index in [1.807, 2.05) is 0 Å². The van der Waals surface area contributed by atoms with Crippen molar-refractivity contribution in [2.75, 3.05) is 5.32 Å². The molecule has 0 saturated carbocycles. The summed E-state index contributed by atoms with van der Waals surface area (Å²) in [5.41, 5.74) is -0.856. The fourth-order valence-electron chi connectivity index (χ4n) is 1.15. The van der Waals surface area contributed by atoms with Crippen LogP contribution in [0.2, 0.25) is 0 Å². The highest BCUT2D eigenvalue weighted by atomic mass is 19.1. The number of anilines is 1. The first-order valence-corrected chi connectivity index (χ1v) is 5.07. The summed E-state index contributed by atoms with van der Waals surface area (Å²) in [6.45, 7) is 5.10. The van der Waals surface area contributed by atoms with Gasteiger partial charge in [0.1, 0.15) is 5.60 Å². The third-order valence-corrected chi connectivity index (χ3v) is 1.79. The molecule has 0 spiro atoms. The molecule has 1 amide bonds. The molecule has 1 rings (SSSR count). The summed E-state index contributed by atoms with van der Waals surface area (Å²) in [6.07, 6.45) is -0.380. The van der Waals surface area contributed by atoms with E-state index in [2.05, 4.69) is 5.32 Å². The lowest BCUT2D eigenvalue weighted by Crippen LogP contribution is -2.27. The molecule has 0 heterocycles. The second-order valence-electron chi connectivity index (χ2n) is 4.45. The Morgan fingerprint density at radius 1 is 1.41 bits per heavy atom. The minimum absolute atomic E-state index is 0.0798. The first kappa shape index (κ1) is 13.2. The molecule has 0 fully saturated rings. The number of nitrogens with one attached hydrogen (secondary N) is 1. The number of rotatable bonds is 2. The van der Waals surface area contributed by atoms with Crippen LogP contribution in [0.25, 0.3) is 0 Å². The Hall–Kier alpha value is -1.91. The van der Waals surface area contributed by atoms with Crippen molar-refractivity contribution in [3.63, 3.8) is 0 Å². The molecule has 1 N–H and O–H groups in total. The predicted molar refractivity (Wildman–Crippen MR) is 61.6 cm³/mol. The van der Waals surface area contributed by atoms with Gasteiger partial charge in [-0.3, -0.25) is 10.1 Å². The summed E-state index contributed by atoms with van der Waals surface area (Å²) < 4.78 is 18.5. The van der Waals surface area contributed by atoms with Gasteiger partial charge < -0.3 is 4.74 Å². The van der Waals surface area contributed by atoms with E-state index in [-0.39, 0.29) is 11.3 Å². The van der Waals surface area contributed by atoms with Gasteiger partial charge in [-0.25, -0.2) is 9.18 Å². The summed E-state index contributed by atoms with van der Waals surface area (Å²) in [5.74, 6) is -0.770. The van der Waals surface area contributed by atoms with E-state index >= 15 is 0 Å². The summed E-state index contributed by atoms with van der Waals surface area (Å²) in [7, 11) is 0. The molecule has 17 heavy (non-hydrogen) atoms. The maximum absolute atomic E-state index is 13.6. The number of halogens is 1. The van der Waals surface area contributed by atoms with Gasteiger partial charge >= 0.3 is 6.09 Å². The molecule has 0 radical (unpaired) electrons. The fourth-order valence-corrected chi connectivity index (χ4v) is 1.15. The Balaban J connectivity index is 2.82. The molecule has 4 nitrogen and oxygen atoms in total. The van der Waals surface area contributed by atoms with Crippen LogP contribution in [0.4, 0.5) is 14.9 Å². The van der Waals surface area contributed by atoms with Crippen LogP contribution in [-0.4, -0.2) is 18.0 Å². The van der Waals surface area contributed by atoms with Crippen molar-refractivity contribution in [2.45, 2.75) is 26.4 Å². The number of ether oxygens (including phenoxy) is 1. The molecule has 1 aromatic carbocycles. The van der Waals surface area contributed by atoms with Crippen LogP contribution in [-0.2, 0) is 4.74 Å². The van der Waals surface area contributed by atoms with E-state index in [0.717, 1.165) is 0 Å². The molecule has 0 aliphatic heterocycles. The average Bonchev–Trinajstić information content (AvgIpc) is 2.18. The molecule has 0 aromatic heterocycles. The Morgan fingerprint density at radius 2 is 2.06 bits per heavy atom. The van der Waals surface area contributed by atoms with E-state index < -0.39 is 17.5 Å². The summed E-state index contributed by atoms with van der Waals surface area (Å²) in [4.78, 5) is 21.9. The zero-order valence-electron chi connectivity index (χ0n) is 9.91. The molecule has 0 bridgehead atoms. The molecule has 0 saturated heterocycles. The van der Waals surface area contributed by atoms with Crippen molar-refractivity contribution in [3.8, 4) is 0 Å². The fraction of sp³-hybridized carbons (Fsp3) is 0.333. The highest BCUT2D eigenvalue weighted by Gasteiger charge is 2.17. The van der Waals surface area contributed by atoms with Crippen LogP contribution >= 0.6 is 0 Å². The molecule has 0 atom stereocenters. The van der Waals surface area contributed by atoms with Crippen LogP contribution in [0.15, 0.2) is 18.2 Å². The second-order valence-corrected chi connectivity index (χ2v) is 4.45. The van der Waals surface area contributed by atoms with E-state index in [1.54, 1.807) is 20.8 Å². The zero-order valence-corrected chi connectivity index (χ0v) is 9.91. The molecular formula is C12H14FNO3. The Bertz CT molecular complexity index is 438. The molecule has 0 unspecified atom stereocenters. The van der Waals surface area contributed by atoms with E-state index in [9.17, 15) is 14.0 Å². The van der Waals surface area contributed by atoms with Crippen LogP contribution in [0.3, 0.4) is 0 Å². The quantitative estimate of drug-likeness (QED) is 0.807. The Morgan fingerprint density at radius 3 is 2.59 bits per heavy atom. The third kappa shape index (κ3) is 3.86. The molecule has 0 aliphatic carbocycles. The minimum Gasteiger partial charge on any atom is -0.444 e. The molecule has 5 heteroatoms. The number of amides is 1. The maximum atomic E-state index is 13.6. The smallest absolute Gasteiger partial charge is 0.412 e. The van der Waals surface area contributed by atoms with E-state index in [0.29, 0.717) is 6.29 Å². The Kier molecular flexibility index (Phi) is 3.83. The van der Waals surface area contributed by atoms with Crippen molar-refractivity contribution in [2.24, 2.45) is 0 Å². The van der Waals surface area contributed by atoms with Gasteiger partial charge in [-0.2, -0.15) is 0 Å². The third-order valence-electron chi connectivity index (χ3n) is 1.79. The van der Waals surface area contributed by atoms with Crippen molar-refractivity contribution >= 4 is 18.1 Å². The first-order valence-electron chi connectivity index (χ1n) is 5.07. The van der Waals surface area contributed by atoms with Crippen molar-refractivity contribution in [3.05, 3.63) is 29.6 Å². The number of carbonyl (C=O) groups is 2. The van der Waals surface area contributed by atoms with Crippen LogP contribution in [0.1, 0.15) is 31.1 Å². The maximum Gasteiger partial charge on any atom is 0.412 e. The average molecular weight is 239 g/mol. The SMILES string of the molecule is CC(C)(C)OC(=O)Nc1cccc(C=O)c1F. The molecular weight excluding hydrogens is 225 g/mol. The standard InChI is InChI=1S/C12H14FNO3/c1-12(2,3)17-11(16)14-9-6-4-5-8(7-15)10(9)13/h4-7H,1-3H3,(H,14,16). The molecule has 1 aromatic rings. The Labute approximate surface area is 98.8 Å². The van der Waals surface area contributed by atoms with Gasteiger partial charge in [0.25, 0.3) is 0 Å². The van der Waals surface area contributed by atoms with Crippen LogP contribution in [0.5, 0.6) is 0 Å². The largest absolute Gasteiger partial charge is 0.444 e. The number of hydrogen-bond acceptors (Lipinski definition) is 3. The van der Waals surface area contributed by atoms with Crippen LogP contribution in [0, 0.1) is 5.82 Å². The van der Waals surface area contributed by atoms with Gasteiger partial charge in [0.05, 0.1) is 11.3 Å². The van der Waals surface area contributed by atoms with E-state index in [1.165, 1.54) is 18.2 Å². The lowest BCUT2D eigenvalue weighted by Gasteiger charge is -2.19. The lowest BCUT2D eigenvalue weighted by molar-refractivity contribution is 0.0635. The number of carbonyl (C=O) groups excluding carboxylic acids is 2. The predicted octanol–water partition coefficient (Wildman–Crippen LogP) is 2.99. The number of benzene rings is 1. The second kappa shape index (κ2) is 4.95. The monoisotopic (exact) mass is 239 g/mol. The van der Waals surface area contributed by atoms with Gasteiger partial charge in [0.15, 0.2) is 12.1 Å². The first-order chi connectivity index (χ1) is 7.83. The van der Waals surface area contributed by atoms with Gasteiger partial charge in [-0.05, 0) is 32.9 Å². The van der Waals surface area contributed by atoms with Gasteiger partial charge in [-0.1, -0.05) is 6.07 Å². The van der Waals surface area contributed by atoms with Gasteiger partial charge in [0.2, 0.25) is 0 Å². The van der Waals surface area contributed by atoms with Gasteiger partial charge in [0, 0.05) is 0 Å². The van der Waals surface area contributed by atoms with Crippen molar-refractivity contribution in [1.82, 2.24) is 0 Å². The topological polar surface area (TPSA) is 55.4 Å². The van der Waals surface area contributed by atoms with Crippen LogP contribution < -0.4 is 5.32 Å². The summed E-state index contributed by atoms with van der Waals surface area (Å²) in [5, 5.41) is 2.25. The zero-order chi connectivity index (χ0) is 13.1. The normalized spacial score (nSPS) is 10.8. The van der Waals surface area contributed by atoms with Gasteiger partial charge in [-0.15, -0.1) is 0 Å². The summed E-state index contributed by atoms with van der Waals surface area (Å²) in [6, 6.07) is 4.15. The molecule has 0 aliphatic rings. The van der Waals surface area contributed by atoms with Crippen molar-refractivity contribution in [1.29, 1.82) is 0 Å².